The van der Waals surface area contributed by atoms with E-state index in [0.717, 1.165) is 23.6 Å². The van der Waals surface area contributed by atoms with Crippen molar-refractivity contribution in [1.29, 1.82) is 0 Å². The second-order valence-electron chi connectivity index (χ2n) is 5.68. The molecule has 5 heteroatoms. The Labute approximate surface area is 129 Å². The molecular weight excluding hydrogens is 280 g/mol. The molecule has 1 aliphatic heterocycles. The monoisotopic (exact) mass is 300 g/mol. The lowest BCUT2D eigenvalue weighted by atomic mass is 10.2. The summed E-state index contributed by atoms with van der Waals surface area (Å²) >= 11 is 0. The summed E-state index contributed by atoms with van der Waals surface area (Å²) in [5.74, 6) is 1.59. The van der Waals surface area contributed by atoms with Crippen LogP contribution in [0.25, 0.3) is 0 Å². The SMILES string of the molecule is CN(Cc1ccn(C)c(=O)c1)C[C@H]1COc2ccccc2O1. The third-order valence-corrected chi connectivity index (χ3v) is 3.70. The molecule has 0 fully saturated rings. The van der Waals surface area contributed by atoms with Crippen LogP contribution in [-0.4, -0.2) is 35.8 Å². The highest BCUT2D eigenvalue weighted by molar-refractivity contribution is 5.40. The first-order valence-electron chi connectivity index (χ1n) is 7.34. The molecule has 0 spiro atoms. The Balaban J connectivity index is 1.59. The summed E-state index contributed by atoms with van der Waals surface area (Å²) in [6.07, 6.45) is 1.79. The molecule has 0 N–H and O–H groups in total. The summed E-state index contributed by atoms with van der Waals surface area (Å²) in [6, 6.07) is 11.3. The third kappa shape index (κ3) is 3.31. The zero-order valence-corrected chi connectivity index (χ0v) is 12.9. The van der Waals surface area contributed by atoms with Gasteiger partial charge < -0.3 is 14.0 Å². The molecule has 3 rings (SSSR count). The zero-order valence-electron chi connectivity index (χ0n) is 12.9. The van der Waals surface area contributed by atoms with Gasteiger partial charge in [-0.05, 0) is 30.8 Å². The van der Waals surface area contributed by atoms with Crippen molar-refractivity contribution in [2.24, 2.45) is 7.05 Å². The van der Waals surface area contributed by atoms with Crippen molar-refractivity contribution < 1.29 is 9.47 Å². The van der Waals surface area contributed by atoms with Crippen molar-refractivity contribution in [2.45, 2.75) is 12.6 Å². The maximum atomic E-state index is 11.6. The number of hydrogen-bond donors (Lipinski definition) is 0. The molecule has 1 aromatic carbocycles. The topological polar surface area (TPSA) is 43.7 Å². The first kappa shape index (κ1) is 14.7. The molecule has 1 atom stereocenters. The van der Waals surface area contributed by atoms with Gasteiger partial charge in [0.2, 0.25) is 0 Å². The van der Waals surface area contributed by atoms with Gasteiger partial charge in [-0.3, -0.25) is 9.69 Å². The average molecular weight is 300 g/mol. The van der Waals surface area contributed by atoms with Gasteiger partial charge in [-0.25, -0.2) is 0 Å². The lowest BCUT2D eigenvalue weighted by Crippen LogP contribution is -2.39. The lowest BCUT2D eigenvalue weighted by molar-refractivity contribution is 0.0638. The van der Waals surface area contributed by atoms with Crippen LogP contribution in [0.15, 0.2) is 47.4 Å². The minimum absolute atomic E-state index is 0.00792. The van der Waals surface area contributed by atoms with Crippen molar-refractivity contribution in [2.75, 3.05) is 20.2 Å². The van der Waals surface area contributed by atoms with Gasteiger partial charge in [-0.2, -0.15) is 0 Å². The van der Waals surface area contributed by atoms with Crippen LogP contribution in [0.2, 0.25) is 0 Å². The van der Waals surface area contributed by atoms with Crippen molar-refractivity contribution >= 4 is 0 Å². The van der Waals surface area contributed by atoms with Crippen LogP contribution in [0.4, 0.5) is 0 Å². The fourth-order valence-electron chi connectivity index (χ4n) is 2.56. The average Bonchev–Trinajstić information content (AvgIpc) is 2.51. The summed E-state index contributed by atoms with van der Waals surface area (Å²) in [5.41, 5.74) is 1.01. The molecule has 22 heavy (non-hydrogen) atoms. The smallest absolute Gasteiger partial charge is 0.250 e. The largest absolute Gasteiger partial charge is 0.486 e. The molecule has 116 valence electrons. The molecule has 0 unspecified atom stereocenters. The van der Waals surface area contributed by atoms with E-state index in [9.17, 15) is 4.79 Å². The molecule has 1 aromatic heterocycles. The van der Waals surface area contributed by atoms with E-state index in [1.165, 1.54) is 0 Å². The van der Waals surface area contributed by atoms with Crippen molar-refractivity contribution in [3.8, 4) is 11.5 Å². The predicted octanol–water partition coefficient (Wildman–Crippen LogP) is 1.66. The maximum absolute atomic E-state index is 11.6. The Morgan fingerprint density at radius 3 is 2.82 bits per heavy atom. The molecule has 0 amide bonds. The first-order valence-corrected chi connectivity index (χ1v) is 7.34. The Morgan fingerprint density at radius 1 is 1.27 bits per heavy atom. The van der Waals surface area contributed by atoms with Crippen LogP contribution >= 0.6 is 0 Å². The lowest BCUT2D eigenvalue weighted by Gasteiger charge is -2.29. The number of ether oxygens (including phenoxy) is 2. The summed E-state index contributed by atoms with van der Waals surface area (Å²) < 4.78 is 13.2. The van der Waals surface area contributed by atoms with Gasteiger partial charge in [0.05, 0.1) is 0 Å². The quantitative estimate of drug-likeness (QED) is 0.861. The number of nitrogens with zero attached hydrogens (tertiary/aromatic N) is 2. The maximum Gasteiger partial charge on any atom is 0.250 e. The van der Waals surface area contributed by atoms with Crippen LogP contribution < -0.4 is 15.0 Å². The van der Waals surface area contributed by atoms with Gasteiger partial charge in [0.25, 0.3) is 5.56 Å². The van der Waals surface area contributed by atoms with Gasteiger partial charge in [-0.1, -0.05) is 12.1 Å². The molecular formula is C17H20N2O3. The number of benzene rings is 1. The Hall–Kier alpha value is -2.27. The van der Waals surface area contributed by atoms with Crippen LogP contribution in [-0.2, 0) is 13.6 Å². The third-order valence-electron chi connectivity index (χ3n) is 3.70. The molecule has 2 aromatic rings. The number of aromatic nitrogens is 1. The molecule has 0 radical (unpaired) electrons. The minimum Gasteiger partial charge on any atom is -0.486 e. The highest BCUT2D eigenvalue weighted by Gasteiger charge is 2.21. The molecule has 0 saturated heterocycles. The Morgan fingerprint density at radius 2 is 2.05 bits per heavy atom. The van der Waals surface area contributed by atoms with E-state index in [1.54, 1.807) is 23.9 Å². The highest BCUT2D eigenvalue weighted by Crippen LogP contribution is 2.30. The van der Waals surface area contributed by atoms with E-state index >= 15 is 0 Å². The van der Waals surface area contributed by atoms with Crippen molar-refractivity contribution in [3.05, 3.63) is 58.5 Å². The number of hydrogen-bond acceptors (Lipinski definition) is 4. The fourth-order valence-corrected chi connectivity index (χ4v) is 2.56. The van der Waals surface area contributed by atoms with Crippen molar-refractivity contribution in [3.63, 3.8) is 0 Å². The highest BCUT2D eigenvalue weighted by atomic mass is 16.6. The van der Waals surface area contributed by atoms with Crippen molar-refractivity contribution in [1.82, 2.24) is 9.47 Å². The van der Waals surface area contributed by atoms with E-state index < -0.39 is 0 Å². The second kappa shape index (κ2) is 6.23. The van der Waals surface area contributed by atoms with E-state index in [0.29, 0.717) is 13.2 Å². The minimum atomic E-state index is -0.00792. The van der Waals surface area contributed by atoms with Gasteiger partial charge in [0.1, 0.15) is 12.7 Å². The first-order chi connectivity index (χ1) is 10.6. The fraction of sp³-hybridized carbons (Fsp3) is 0.353. The molecule has 0 saturated carbocycles. The van der Waals surface area contributed by atoms with Gasteiger partial charge in [0, 0.05) is 32.4 Å². The molecule has 1 aliphatic rings. The molecule has 5 nitrogen and oxygen atoms in total. The number of pyridine rings is 1. The Bertz CT molecular complexity index is 711. The summed E-state index contributed by atoms with van der Waals surface area (Å²) in [5, 5.41) is 0. The number of fused-ring (bicyclic) bond motifs is 1. The van der Waals surface area contributed by atoms with Gasteiger partial charge >= 0.3 is 0 Å². The Kier molecular flexibility index (Phi) is 4.15. The van der Waals surface area contributed by atoms with Crippen LogP contribution in [0.1, 0.15) is 5.56 Å². The van der Waals surface area contributed by atoms with E-state index in [1.807, 2.05) is 37.4 Å². The van der Waals surface area contributed by atoms with Gasteiger partial charge in [0.15, 0.2) is 11.5 Å². The number of rotatable bonds is 4. The molecule has 0 aliphatic carbocycles. The number of aryl methyl sites for hydroxylation is 1. The standard InChI is InChI=1S/C17H20N2O3/c1-18(10-13-7-8-19(2)17(20)9-13)11-14-12-21-15-5-3-4-6-16(15)22-14/h3-9,14H,10-12H2,1-2H3/t14-/m0/s1. The number of likely N-dealkylation sites (N-methyl/N-ethyl adjacent to an activating group) is 1. The molecule has 2 heterocycles. The van der Waals surface area contributed by atoms with E-state index in [4.69, 9.17) is 9.47 Å². The van der Waals surface area contributed by atoms with Gasteiger partial charge in [-0.15, -0.1) is 0 Å². The summed E-state index contributed by atoms with van der Waals surface area (Å²) in [4.78, 5) is 13.8. The zero-order chi connectivity index (χ0) is 15.5. The number of para-hydroxylation sites is 2. The van der Waals surface area contributed by atoms with Crippen LogP contribution in [0.5, 0.6) is 11.5 Å². The van der Waals surface area contributed by atoms with E-state index in [-0.39, 0.29) is 11.7 Å². The molecule has 0 bridgehead atoms. The summed E-state index contributed by atoms with van der Waals surface area (Å²) in [7, 11) is 3.77. The predicted molar refractivity (Wildman–Crippen MR) is 84.4 cm³/mol. The van der Waals surface area contributed by atoms with Crippen LogP contribution in [0, 0.1) is 0 Å². The second-order valence-corrected chi connectivity index (χ2v) is 5.68. The van der Waals surface area contributed by atoms with Crippen LogP contribution in [0.3, 0.4) is 0 Å². The normalized spacial score (nSPS) is 16.8. The summed E-state index contributed by atoms with van der Waals surface area (Å²) in [6.45, 7) is 1.99. The van der Waals surface area contributed by atoms with E-state index in [2.05, 4.69) is 4.90 Å².